The molecule has 2 aliphatic rings. The average Bonchev–Trinajstić information content (AvgIpc) is 2.71. The average molecular weight is 330 g/mol. The van der Waals surface area contributed by atoms with Crippen molar-refractivity contribution in [2.24, 2.45) is 0 Å². The molecule has 0 aromatic heterocycles. The Morgan fingerprint density at radius 1 is 0.800 bits per heavy atom. The van der Waals surface area contributed by atoms with Crippen LogP contribution in [-0.2, 0) is 0 Å². The molecule has 0 saturated carbocycles. The van der Waals surface area contributed by atoms with Gasteiger partial charge in [-0.1, -0.05) is 85.0 Å². The van der Waals surface area contributed by atoms with Crippen LogP contribution in [0, 0.1) is 0 Å². The summed E-state index contributed by atoms with van der Waals surface area (Å²) in [5.74, 6) is 0.328. The van der Waals surface area contributed by atoms with Gasteiger partial charge in [0.2, 0.25) is 0 Å². The molecule has 2 heteroatoms. The lowest BCUT2D eigenvalue weighted by molar-refractivity contribution is 0.0987. The van der Waals surface area contributed by atoms with Crippen LogP contribution >= 0.6 is 0 Å². The maximum Gasteiger partial charge on any atom is 0.0539 e. The van der Waals surface area contributed by atoms with Crippen LogP contribution in [0.25, 0.3) is 0 Å². The third-order valence-electron chi connectivity index (χ3n) is 5.55. The summed E-state index contributed by atoms with van der Waals surface area (Å²) in [5.41, 5.74) is 2.79. The number of nitrogens with one attached hydrogen (secondary N) is 1. The van der Waals surface area contributed by atoms with Crippen LogP contribution in [0.2, 0.25) is 0 Å². The van der Waals surface area contributed by atoms with Crippen LogP contribution in [0.4, 0.5) is 0 Å². The van der Waals surface area contributed by atoms with Gasteiger partial charge in [0.25, 0.3) is 0 Å². The molecule has 1 saturated heterocycles. The SMILES string of the molecule is C1=CCC(C(c2ccccc2)c2ccccc2)(N2CCNCC2)C=C1. The molecule has 128 valence electrons. The van der Waals surface area contributed by atoms with Crippen LogP contribution in [0.3, 0.4) is 0 Å². The highest BCUT2D eigenvalue weighted by Gasteiger charge is 2.43. The Morgan fingerprint density at radius 3 is 1.92 bits per heavy atom. The van der Waals surface area contributed by atoms with Crippen molar-refractivity contribution in [1.29, 1.82) is 0 Å². The topological polar surface area (TPSA) is 15.3 Å². The van der Waals surface area contributed by atoms with Gasteiger partial charge < -0.3 is 5.32 Å². The van der Waals surface area contributed by atoms with Crippen molar-refractivity contribution in [3.63, 3.8) is 0 Å². The van der Waals surface area contributed by atoms with Crippen molar-refractivity contribution in [3.05, 3.63) is 96.1 Å². The Hall–Kier alpha value is -2.16. The smallest absolute Gasteiger partial charge is 0.0539 e. The van der Waals surface area contributed by atoms with Gasteiger partial charge in [-0.15, -0.1) is 0 Å². The Morgan fingerprint density at radius 2 is 1.40 bits per heavy atom. The van der Waals surface area contributed by atoms with Crippen LogP contribution < -0.4 is 5.32 Å². The molecule has 0 amide bonds. The number of hydrogen-bond acceptors (Lipinski definition) is 2. The molecular weight excluding hydrogens is 304 g/mol. The van der Waals surface area contributed by atoms with Crippen molar-refractivity contribution in [2.45, 2.75) is 17.9 Å². The Labute approximate surface area is 150 Å². The van der Waals surface area contributed by atoms with Gasteiger partial charge in [-0.2, -0.15) is 0 Å². The minimum atomic E-state index is -0.000440. The van der Waals surface area contributed by atoms with Crippen molar-refractivity contribution in [1.82, 2.24) is 10.2 Å². The fourth-order valence-electron chi connectivity index (χ4n) is 4.40. The van der Waals surface area contributed by atoms with Gasteiger partial charge in [0.05, 0.1) is 5.54 Å². The van der Waals surface area contributed by atoms with Gasteiger partial charge >= 0.3 is 0 Å². The third kappa shape index (κ3) is 3.20. The largest absolute Gasteiger partial charge is 0.314 e. The van der Waals surface area contributed by atoms with Gasteiger partial charge in [0.1, 0.15) is 0 Å². The maximum atomic E-state index is 3.51. The molecule has 1 aliphatic heterocycles. The van der Waals surface area contributed by atoms with Gasteiger partial charge in [-0.25, -0.2) is 0 Å². The summed E-state index contributed by atoms with van der Waals surface area (Å²) < 4.78 is 0. The monoisotopic (exact) mass is 330 g/mol. The fourth-order valence-corrected chi connectivity index (χ4v) is 4.40. The zero-order chi connectivity index (χ0) is 17.0. The van der Waals surface area contributed by atoms with E-state index in [2.05, 4.69) is 95.2 Å². The highest BCUT2D eigenvalue weighted by molar-refractivity contribution is 5.42. The first kappa shape index (κ1) is 16.3. The van der Waals surface area contributed by atoms with E-state index < -0.39 is 0 Å². The van der Waals surface area contributed by atoms with E-state index in [0.29, 0.717) is 5.92 Å². The fraction of sp³-hybridized carbons (Fsp3) is 0.304. The number of benzene rings is 2. The van der Waals surface area contributed by atoms with E-state index in [9.17, 15) is 0 Å². The highest BCUT2D eigenvalue weighted by Crippen LogP contribution is 2.43. The molecule has 2 nitrogen and oxygen atoms in total. The van der Waals surface area contributed by atoms with Crippen LogP contribution in [0.15, 0.2) is 85.0 Å². The number of rotatable bonds is 4. The molecule has 0 radical (unpaired) electrons. The molecule has 1 fully saturated rings. The molecule has 25 heavy (non-hydrogen) atoms. The van der Waals surface area contributed by atoms with Crippen molar-refractivity contribution >= 4 is 0 Å². The van der Waals surface area contributed by atoms with E-state index in [1.807, 2.05) is 0 Å². The van der Waals surface area contributed by atoms with E-state index >= 15 is 0 Å². The molecule has 1 atom stereocenters. The summed E-state index contributed by atoms with van der Waals surface area (Å²) in [6.45, 7) is 4.31. The first-order valence-electron chi connectivity index (χ1n) is 9.30. The summed E-state index contributed by atoms with van der Waals surface area (Å²) >= 11 is 0. The minimum absolute atomic E-state index is 0.000440. The summed E-state index contributed by atoms with van der Waals surface area (Å²) in [5, 5.41) is 3.51. The van der Waals surface area contributed by atoms with Crippen LogP contribution in [0.1, 0.15) is 23.5 Å². The predicted octanol–water partition coefficient (Wildman–Crippen LogP) is 3.98. The first-order valence-corrected chi connectivity index (χ1v) is 9.30. The maximum absolute atomic E-state index is 3.51. The lowest BCUT2D eigenvalue weighted by Crippen LogP contribution is -2.58. The van der Waals surface area contributed by atoms with Crippen LogP contribution in [-0.4, -0.2) is 36.6 Å². The second kappa shape index (κ2) is 7.38. The standard InChI is InChI=1S/C23H26N2/c1-4-10-20(11-5-1)22(21-12-6-2-7-13-21)23(14-8-3-9-15-23)25-18-16-24-17-19-25/h1-14,22,24H,15-19H2. The minimum Gasteiger partial charge on any atom is -0.314 e. The van der Waals surface area contributed by atoms with Gasteiger partial charge in [-0.05, 0) is 17.5 Å². The lowest BCUT2D eigenvalue weighted by atomic mass is 9.70. The molecule has 1 aliphatic carbocycles. The summed E-state index contributed by atoms with van der Waals surface area (Å²) in [4.78, 5) is 2.69. The summed E-state index contributed by atoms with van der Waals surface area (Å²) in [6, 6.07) is 22.0. The Bertz CT molecular complexity index is 690. The molecule has 2 aromatic carbocycles. The van der Waals surface area contributed by atoms with E-state index in [1.165, 1.54) is 11.1 Å². The highest BCUT2D eigenvalue weighted by atomic mass is 15.2. The number of piperazine rings is 1. The number of nitrogens with zero attached hydrogens (tertiary/aromatic N) is 1. The lowest BCUT2D eigenvalue weighted by Gasteiger charge is -2.50. The zero-order valence-corrected chi connectivity index (χ0v) is 14.6. The predicted molar refractivity (Wildman–Crippen MR) is 105 cm³/mol. The molecule has 0 spiro atoms. The molecule has 4 rings (SSSR count). The van der Waals surface area contributed by atoms with Gasteiger partial charge in [0, 0.05) is 32.1 Å². The van der Waals surface area contributed by atoms with Crippen molar-refractivity contribution in [3.8, 4) is 0 Å². The van der Waals surface area contributed by atoms with Gasteiger partial charge in [-0.3, -0.25) is 4.90 Å². The quantitative estimate of drug-likeness (QED) is 0.912. The second-order valence-electron chi connectivity index (χ2n) is 6.97. The Kier molecular flexibility index (Phi) is 4.82. The van der Waals surface area contributed by atoms with Crippen molar-refractivity contribution < 1.29 is 0 Å². The second-order valence-corrected chi connectivity index (χ2v) is 6.97. The van der Waals surface area contributed by atoms with E-state index in [-0.39, 0.29) is 5.54 Å². The normalized spacial score (nSPS) is 23.9. The molecule has 0 bridgehead atoms. The number of hydrogen-bond donors (Lipinski definition) is 1. The molecule has 1 heterocycles. The Balaban J connectivity index is 1.85. The molecule has 2 aromatic rings. The number of allylic oxidation sites excluding steroid dienone is 2. The summed E-state index contributed by atoms with van der Waals surface area (Å²) in [6.07, 6.45) is 10.3. The molecule has 1 unspecified atom stereocenters. The van der Waals surface area contributed by atoms with E-state index in [0.717, 1.165) is 32.6 Å². The third-order valence-corrected chi connectivity index (χ3v) is 5.55. The molecular formula is C23H26N2. The van der Waals surface area contributed by atoms with E-state index in [1.54, 1.807) is 0 Å². The first-order chi connectivity index (χ1) is 12.4. The molecule has 1 N–H and O–H groups in total. The van der Waals surface area contributed by atoms with Crippen molar-refractivity contribution in [2.75, 3.05) is 26.2 Å². The van der Waals surface area contributed by atoms with Gasteiger partial charge in [0.15, 0.2) is 0 Å². The zero-order valence-electron chi connectivity index (χ0n) is 14.6. The summed E-state index contributed by atoms with van der Waals surface area (Å²) in [7, 11) is 0. The van der Waals surface area contributed by atoms with Crippen LogP contribution in [0.5, 0.6) is 0 Å². The van der Waals surface area contributed by atoms with E-state index in [4.69, 9.17) is 0 Å².